The van der Waals surface area contributed by atoms with Crippen molar-refractivity contribution in [3.63, 3.8) is 0 Å². The van der Waals surface area contributed by atoms with Crippen molar-refractivity contribution in [2.24, 2.45) is 0 Å². The maximum absolute atomic E-state index is 12.7. The van der Waals surface area contributed by atoms with Gasteiger partial charge >= 0.3 is 6.09 Å². The number of benzene rings is 2. The molecule has 0 unspecified atom stereocenters. The molecule has 1 saturated heterocycles. The summed E-state index contributed by atoms with van der Waals surface area (Å²) in [7, 11) is 0. The summed E-state index contributed by atoms with van der Waals surface area (Å²) in [5.41, 5.74) is 2.60. The number of rotatable bonds is 5. The number of ether oxygens (including phenoxy) is 2. The predicted molar refractivity (Wildman–Crippen MR) is 105 cm³/mol. The third-order valence-corrected chi connectivity index (χ3v) is 5.15. The normalized spacial score (nSPS) is 15.9. The van der Waals surface area contributed by atoms with E-state index in [9.17, 15) is 9.59 Å². The van der Waals surface area contributed by atoms with Crippen molar-refractivity contribution in [3.05, 3.63) is 59.2 Å². The summed E-state index contributed by atoms with van der Waals surface area (Å²) in [6, 6.07) is 13.1. The first-order valence-corrected chi connectivity index (χ1v) is 9.54. The number of fused-ring (bicyclic) bond motifs is 1. The van der Waals surface area contributed by atoms with Crippen molar-refractivity contribution in [1.82, 2.24) is 15.1 Å². The van der Waals surface area contributed by atoms with Crippen LogP contribution in [0.1, 0.15) is 21.5 Å². The zero-order valence-electron chi connectivity index (χ0n) is 16.0. The Morgan fingerprint density at radius 3 is 2.34 bits per heavy atom. The molecule has 152 valence electrons. The molecular formula is C21H23N3O5. The van der Waals surface area contributed by atoms with Crippen LogP contribution in [-0.2, 0) is 13.1 Å². The van der Waals surface area contributed by atoms with E-state index in [1.54, 1.807) is 24.3 Å². The average Bonchev–Trinajstić information content (AvgIpc) is 3.20. The number of carboxylic acid groups (broad SMARTS) is 1. The molecule has 0 atom stereocenters. The van der Waals surface area contributed by atoms with Gasteiger partial charge in [-0.05, 0) is 35.4 Å². The van der Waals surface area contributed by atoms with Crippen molar-refractivity contribution in [2.75, 3.05) is 33.0 Å². The van der Waals surface area contributed by atoms with Crippen LogP contribution in [0.15, 0.2) is 42.5 Å². The minimum absolute atomic E-state index is 0.00507. The zero-order valence-corrected chi connectivity index (χ0v) is 16.0. The van der Waals surface area contributed by atoms with Crippen LogP contribution in [0, 0.1) is 0 Å². The van der Waals surface area contributed by atoms with Crippen molar-refractivity contribution in [3.8, 4) is 11.5 Å². The monoisotopic (exact) mass is 397 g/mol. The second-order valence-electron chi connectivity index (χ2n) is 7.11. The van der Waals surface area contributed by atoms with Crippen LogP contribution in [0.5, 0.6) is 11.5 Å². The van der Waals surface area contributed by atoms with E-state index < -0.39 is 6.09 Å². The number of piperazine rings is 1. The minimum Gasteiger partial charge on any atom is -0.465 e. The van der Waals surface area contributed by atoms with E-state index in [1.807, 2.05) is 23.1 Å². The Morgan fingerprint density at radius 1 is 0.931 bits per heavy atom. The molecule has 4 rings (SSSR count). The Kier molecular flexibility index (Phi) is 5.53. The van der Waals surface area contributed by atoms with Crippen molar-refractivity contribution in [2.45, 2.75) is 13.1 Å². The molecule has 0 radical (unpaired) electrons. The largest absolute Gasteiger partial charge is 0.465 e. The number of nitrogens with one attached hydrogen (secondary N) is 1. The smallest absolute Gasteiger partial charge is 0.404 e. The number of nitrogens with zero attached hydrogens (tertiary/aromatic N) is 2. The van der Waals surface area contributed by atoms with Gasteiger partial charge in [0.05, 0.1) is 0 Å². The lowest BCUT2D eigenvalue weighted by molar-refractivity contribution is 0.0628. The number of carbonyl (C=O) groups excluding carboxylic acids is 1. The quantitative estimate of drug-likeness (QED) is 0.803. The van der Waals surface area contributed by atoms with Gasteiger partial charge in [0.1, 0.15) is 0 Å². The Bertz CT molecular complexity index is 892. The third kappa shape index (κ3) is 4.60. The van der Waals surface area contributed by atoms with E-state index in [-0.39, 0.29) is 19.2 Å². The summed E-state index contributed by atoms with van der Waals surface area (Å²) < 4.78 is 10.8. The van der Waals surface area contributed by atoms with E-state index in [1.165, 1.54) is 5.56 Å². The fourth-order valence-electron chi connectivity index (χ4n) is 3.53. The van der Waals surface area contributed by atoms with Gasteiger partial charge in [-0.25, -0.2) is 4.79 Å². The summed E-state index contributed by atoms with van der Waals surface area (Å²) in [4.78, 5) is 27.5. The van der Waals surface area contributed by atoms with Crippen LogP contribution in [0.3, 0.4) is 0 Å². The van der Waals surface area contributed by atoms with Crippen LogP contribution in [0.25, 0.3) is 0 Å². The van der Waals surface area contributed by atoms with Gasteiger partial charge in [-0.1, -0.05) is 18.2 Å². The fraction of sp³-hybridized carbons (Fsp3) is 0.333. The summed E-state index contributed by atoms with van der Waals surface area (Å²) >= 11 is 0. The van der Waals surface area contributed by atoms with Gasteiger partial charge in [-0.15, -0.1) is 0 Å². The maximum Gasteiger partial charge on any atom is 0.404 e. The van der Waals surface area contributed by atoms with E-state index in [4.69, 9.17) is 14.6 Å². The molecule has 2 heterocycles. The van der Waals surface area contributed by atoms with Crippen molar-refractivity contribution < 1.29 is 24.2 Å². The highest BCUT2D eigenvalue weighted by Crippen LogP contribution is 2.32. The Hall–Kier alpha value is -3.26. The molecule has 2 N–H and O–H groups in total. The molecule has 8 nitrogen and oxygen atoms in total. The van der Waals surface area contributed by atoms with Gasteiger partial charge in [0.2, 0.25) is 6.79 Å². The van der Waals surface area contributed by atoms with E-state index in [2.05, 4.69) is 10.2 Å². The van der Waals surface area contributed by atoms with Crippen LogP contribution in [-0.4, -0.2) is 59.9 Å². The van der Waals surface area contributed by atoms with Crippen molar-refractivity contribution >= 4 is 12.0 Å². The second-order valence-corrected chi connectivity index (χ2v) is 7.11. The molecule has 2 aliphatic heterocycles. The summed E-state index contributed by atoms with van der Waals surface area (Å²) in [6.45, 7) is 4.27. The molecule has 8 heteroatoms. The van der Waals surface area contributed by atoms with Gasteiger partial charge in [0.25, 0.3) is 5.91 Å². The Balaban J connectivity index is 1.28. The lowest BCUT2D eigenvalue weighted by Crippen LogP contribution is -2.48. The van der Waals surface area contributed by atoms with E-state index in [0.717, 1.165) is 36.7 Å². The Morgan fingerprint density at radius 2 is 1.62 bits per heavy atom. The second kappa shape index (κ2) is 8.40. The van der Waals surface area contributed by atoms with E-state index >= 15 is 0 Å². The van der Waals surface area contributed by atoms with Crippen LogP contribution < -0.4 is 14.8 Å². The summed E-state index contributed by atoms with van der Waals surface area (Å²) in [5.74, 6) is 1.58. The Labute approximate surface area is 168 Å². The number of amides is 2. The molecular weight excluding hydrogens is 374 g/mol. The molecule has 0 aromatic heterocycles. The fourth-order valence-corrected chi connectivity index (χ4v) is 3.53. The highest BCUT2D eigenvalue weighted by atomic mass is 16.7. The molecule has 0 saturated carbocycles. The highest BCUT2D eigenvalue weighted by Gasteiger charge is 2.23. The standard InChI is InChI=1S/C21H23N3O5/c25-20(17-4-1-15(2-5-17)12-22-21(26)27)24-9-7-23(8-10-24)13-16-3-6-18-19(11-16)29-14-28-18/h1-6,11,22H,7-10,12-14H2,(H,26,27). The van der Waals surface area contributed by atoms with Crippen LogP contribution in [0.4, 0.5) is 4.79 Å². The summed E-state index contributed by atoms with van der Waals surface area (Å²) in [6.07, 6.45) is -1.07. The van der Waals surface area contributed by atoms with Crippen molar-refractivity contribution in [1.29, 1.82) is 0 Å². The predicted octanol–water partition coefficient (Wildman–Crippen LogP) is 2.14. The zero-order chi connectivity index (χ0) is 20.2. The van der Waals surface area contributed by atoms with Gasteiger partial charge < -0.3 is 24.8 Å². The molecule has 0 bridgehead atoms. The molecule has 29 heavy (non-hydrogen) atoms. The first-order valence-electron chi connectivity index (χ1n) is 9.54. The SMILES string of the molecule is O=C(O)NCc1ccc(C(=O)N2CCN(Cc3ccc4c(c3)OCO4)CC2)cc1. The molecule has 2 amide bonds. The molecule has 1 fully saturated rings. The molecule has 0 aliphatic carbocycles. The van der Waals surface area contributed by atoms with E-state index in [0.29, 0.717) is 18.7 Å². The van der Waals surface area contributed by atoms with Gasteiger partial charge in [-0.2, -0.15) is 0 Å². The van der Waals surface area contributed by atoms with Crippen LogP contribution in [0.2, 0.25) is 0 Å². The van der Waals surface area contributed by atoms with Gasteiger partial charge in [0.15, 0.2) is 11.5 Å². The molecule has 2 aromatic carbocycles. The summed E-state index contributed by atoms with van der Waals surface area (Å²) in [5, 5.41) is 11.0. The van der Waals surface area contributed by atoms with Crippen LogP contribution >= 0.6 is 0 Å². The number of hydrogen-bond acceptors (Lipinski definition) is 5. The maximum atomic E-state index is 12.7. The first kappa shape index (κ1) is 19.1. The van der Waals surface area contributed by atoms with Gasteiger partial charge in [0, 0.05) is 44.8 Å². The first-order chi connectivity index (χ1) is 14.1. The average molecular weight is 397 g/mol. The molecule has 2 aliphatic rings. The van der Waals surface area contributed by atoms with Gasteiger partial charge in [-0.3, -0.25) is 9.69 Å². The highest BCUT2D eigenvalue weighted by molar-refractivity contribution is 5.94. The third-order valence-electron chi connectivity index (χ3n) is 5.15. The molecule has 2 aromatic rings. The molecule has 0 spiro atoms. The lowest BCUT2D eigenvalue weighted by atomic mass is 10.1. The topological polar surface area (TPSA) is 91.3 Å². The lowest BCUT2D eigenvalue weighted by Gasteiger charge is -2.34. The number of carbonyl (C=O) groups is 2. The number of hydrogen-bond donors (Lipinski definition) is 2. The minimum atomic E-state index is -1.07.